The van der Waals surface area contributed by atoms with Gasteiger partial charge in [-0.15, -0.1) is 0 Å². The molecule has 1 unspecified atom stereocenters. The van der Waals surface area contributed by atoms with Crippen LogP contribution in [0.4, 0.5) is 0 Å². The summed E-state index contributed by atoms with van der Waals surface area (Å²) in [6.45, 7) is 3.85. The van der Waals surface area contributed by atoms with Crippen LogP contribution in [0.2, 0.25) is 0 Å². The third-order valence-corrected chi connectivity index (χ3v) is 6.48. The molecule has 0 spiro atoms. The average Bonchev–Trinajstić information content (AvgIpc) is 2.67. The molecule has 0 bridgehead atoms. The van der Waals surface area contributed by atoms with Crippen molar-refractivity contribution in [3.8, 4) is 0 Å². The number of nitrogens with two attached hydrogens (primary N) is 1. The molecule has 1 rings (SSSR count). The van der Waals surface area contributed by atoms with E-state index >= 15 is 0 Å². The fourth-order valence-corrected chi connectivity index (χ4v) is 4.64. The number of amides is 1. The van der Waals surface area contributed by atoms with Crippen LogP contribution in [-0.4, -0.2) is 40.3 Å². The predicted octanol–water partition coefficient (Wildman–Crippen LogP) is 2.89. The zero-order valence-corrected chi connectivity index (χ0v) is 18.0. The Morgan fingerprint density at radius 3 is 2.38 bits per heavy atom. The second-order valence-electron chi connectivity index (χ2n) is 7.38. The molecule has 1 aromatic rings. The molecule has 1 amide bonds. The summed E-state index contributed by atoms with van der Waals surface area (Å²) >= 11 is 0. The molecule has 0 aliphatic rings. The molecule has 3 atom stereocenters. The van der Waals surface area contributed by atoms with Gasteiger partial charge in [-0.1, -0.05) is 57.0 Å². The number of nitrogens with one attached hydrogen (secondary N) is 1. The lowest BCUT2D eigenvalue weighted by Crippen LogP contribution is -2.40. The Hall–Kier alpha value is -1.73. The van der Waals surface area contributed by atoms with Crippen LogP contribution in [0.15, 0.2) is 30.3 Å². The molecule has 9 heteroatoms. The Bertz CT molecular complexity index is 683. The van der Waals surface area contributed by atoms with Crippen molar-refractivity contribution < 1.29 is 28.7 Å². The minimum atomic E-state index is -4.41. The van der Waals surface area contributed by atoms with Gasteiger partial charge in [-0.3, -0.25) is 13.9 Å². The van der Waals surface area contributed by atoms with Crippen LogP contribution in [0.3, 0.4) is 0 Å². The predicted molar refractivity (Wildman–Crippen MR) is 111 cm³/mol. The van der Waals surface area contributed by atoms with Crippen LogP contribution in [-0.2, 0) is 25.1 Å². The van der Waals surface area contributed by atoms with E-state index in [1.165, 1.54) is 0 Å². The van der Waals surface area contributed by atoms with Crippen LogP contribution in [0.5, 0.6) is 0 Å². The number of aryl methyl sites for hydroxylation is 1. The summed E-state index contributed by atoms with van der Waals surface area (Å²) in [5.41, 5.74) is 6.40. The summed E-state index contributed by atoms with van der Waals surface area (Å²) in [6.07, 6.45) is 1.31. The molecule has 0 fully saturated rings. The second-order valence-corrected chi connectivity index (χ2v) is 9.27. The summed E-state index contributed by atoms with van der Waals surface area (Å²) in [7, 11) is -4.41. The number of rotatable bonds is 14. The van der Waals surface area contributed by atoms with Crippen LogP contribution < -0.4 is 11.1 Å². The number of unbranched alkanes of at least 4 members (excludes halogenated alkanes) is 2. The SMILES string of the molecule is CC(C)[C@H](NC(=O)CCc1ccccc1)P(=O)(O)O[C@H](CCCCCN)C(=O)O. The average molecular weight is 428 g/mol. The Balaban J connectivity index is 2.71. The van der Waals surface area contributed by atoms with Gasteiger partial charge in [0.05, 0.1) is 0 Å². The first-order chi connectivity index (χ1) is 13.7. The zero-order chi connectivity index (χ0) is 21.9. The Labute approximate surface area is 172 Å². The van der Waals surface area contributed by atoms with E-state index in [9.17, 15) is 24.2 Å². The van der Waals surface area contributed by atoms with E-state index < -0.39 is 31.4 Å². The molecular formula is C20H33N2O6P. The van der Waals surface area contributed by atoms with Gasteiger partial charge < -0.3 is 21.1 Å². The summed E-state index contributed by atoms with van der Waals surface area (Å²) in [5.74, 6) is -3.29. The van der Waals surface area contributed by atoms with Crippen molar-refractivity contribution in [3.63, 3.8) is 0 Å². The van der Waals surface area contributed by atoms with E-state index in [2.05, 4.69) is 5.32 Å². The lowest BCUT2D eigenvalue weighted by molar-refractivity contribution is -0.145. The maximum Gasteiger partial charge on any atom is 0.351 e. The first-order valence-corrected chi connectivity index (χ1v) is 11.6. The van der Waals surface area contributed by atoms with Gasteiger partial charge in [0.15, 0.2) is 6.10 Å². The molecule has 5 N–H and O–H groups in total. The van der Waals surface area contributed by atoms with Gasteiger partial charge in [0.25, 0.3) is 0 Å². The van der Waals surface area contributed by atoms with Crippen molar-refractivity contribution in [3.05, 3.63) is 35.9 Å². The molecule has 0 heterocycles. The fraction of sp³-hybridized carbons (Fsp3) is 0.600. The van der Waals surface area contributed by atoms with Crippen molar-refractivity contribution in [1.29, 1.82) is 0 Å². The molecule has 8 nitrogen and oxygen atoms in total. The third-order valence-electron chi connectivity index (χ3n) is 4.50. The monoisotopic (exact) mass is 428 g/mol. The van der Waals surface area contributed by atoms with E-state index in [0.29, 0.717) is 25.8 Å². The minimum Gasteiger partial charge on any atom is -0.479 e. The topological polar surface area (TPSA) is 139 Å². The summed E-state index contributed by atoms with van der Waals surface area (Å²) in [6, 6.07) is 9.43. The molecule has 1 aromatic carbocycles. The van der Waals surface area contributed by atoms with Crippen LogP contribution in [0, 0.1) is 5.92 Å². The molecular weight excluding hydrogens is 395 g/mol. The first kappa shape index (κ1) is 25.3. The first-order valence-electron chi connectivity index (χ1n) is 9.94. The number of carboxylic acids is 1. The van der Waals surface area contributed by atoms with Crippen LogP contribution >= 0.6 is 7.60 Å². The largest absolute Gasteiger partial charge is 0.479 e. The Morgan fingerprint density at radius 2 is 1.83 bits per heavy atom. The summed E-state index contributed by atoms with van der Waals surface area (Å²) < 4.78 is 17.9. The number of benzene rings is 1. The summed E-state index contributed by atoms with van der Waals surface area (Å²) in [4.78, 5) is 34.2. The molecule has 0 aromatic heterocycles. The summed E-state index contributed by atoms with van der Waals surface area (Å²) in [5, 5.41) is 11.9. The zero-order valence-electron chi connectivity index (χ0n) is 17.1. The molecule has 0 aliphatic heterocycles. The highest BCUT2D eigenvalue weighted by Crippen LogP contribution is 2.50. The van der Waals surface area contributed by atoms with Gasteiger partial charge in [-0.2, -0.15) is 0 Å². The van der Waals surface area contributed by atoms with E-state index in [1.807, 2.05) is 30.3 Å². The number of carboxylic acid groups (broad SMARTS) is 1. The standard InChI is InChI=1S/C20H33N2O6P/c1-15(2)19(22-18(23)13-12-16-9-5-3-6-10-16)29(26,27)28-17(20(24)25)11-7-4-8-14-21/h3,5-6,9-10,15,17,19H,4,7-8,11-14,21H2,1-2H3,(H,22,23)(H,24,25)(H,26,27)/t17-,19-/m1/s1. The van der Waals surface area contributed by atoms with Gasteiger partial charge in [0.1, 0.15) is 5.78 Å². The van der Waals surface area contributed by atoms with Crippen LogP contribution in [0.1, 0.15) is 51.5 Å². The number of carbonyl (C=O) groups excluding carboxylic acids is 1. The lowest BCUT2D eigenvalue weighted by atomic mass is 10.1. The third kappa shape index (κ3) is 9.54. The highest BCUT2D eigenvalue weighted by molar-refractivity contribution is 7.53. The Morgan fingerprint density at radius 1 is 1.17 bits per heavy atom. The highest BCUT2D eigenvalue weighted by atomic mass is 31.2. The molecule has 0 saturated heterocycles. The van der Waals surface area contributed by atoms with E-state index in [4.69, 9.17) is 10.3 Å². The number of hydrogen-bond donors (Lipinski definition) is 4. The minimum absolute atomic E-state index is 0.104. The van der Waals surface area contributed by atoms with Crippen molar-refractivity contribution in [2.45, 2.75) is 64.3 Å². The van der Waals surface area contributed by atoms with Crippen molar-refractivity contribution >= 4 is 19.5 Å². The number of carbonyl (C=O) groups is 2. The maximum absolute atomic E-state index is 12.8. The molecule has 0 saturated carbocycles. The van der Waals surface area contributed by atoms with Crippen LogP contribution in [0.25, 0.3) is 0 Å². The lowest BCUT2D eigenvalue weighted by Gasteiger charge is -2.28. The molecule has 0 aliphatic carbocycles. The molecule has 29 heavy (non-hydrogen) atoms. The van der Waals surface area contributed by atoms with E-state index in [-0.39, 0.29) is 18.7 Å². The normalized spacial score (nSPS) is 15.5. The van der Waals surface area contributed by atoms with Gasteiger partial charge in [0.2, 0.25) is 5.91 Å². The van der Waals surface area contributed by atoms with E-state index in [1.54, 1.807) is 13.8 Å². The number of hydrogen-bond acceptors (Lipinski definition) is 5. The van der Waals surface area contributed by atoms with Gasteiger partial charge in [-0.25, -0.2) is 4.79 Å². The molecule has 164 valence electrons. The smallest absolute Gasteiger partial charge is 0.351 e. The van der Waals surface area contributed by atoms with Gasteiger partial charge in [0, 0.05) is 6.42 Å². The van der Waals surface area contributed by atoms with Gasteiger partial charge in [-0.05, 0) is 37.3 Å². The maximum atomic E-state index is 12.8. The quantitative estimate of drug-likeness (QED) is 0.264. The van der Waals surface area contributed by atoms with Crippen molar-refractivity contribution in [2.24, 2.45) is 11.7 Å². The number of aliphatic carboxylic acids is 1. The molecule has 0 radical (unpaired) electrons. The Kier molecular flexibility index (Phi) is 11.1. The van der Waals surface area contributed by atoms with E-state index in [0.717, 1.165) is 12.0 Å². The van der Waals surface area contributed by atoms with Crippen molar-refractivity contribution in [1.82, 2.24) is 5.32 Å². The highest BCUT2D eigenvalue weighted by Gasteiger charge is 2.40. The van der Waals surface area contributed by atoms with Crippen molar-refractivity contribution in [2.75, 3.05) is 6.54 Å². The fourth-order valence-electron chi connectivity index (χ4n) is 2.88. The second kappa shape index (κ2) is 12.8. The van der Waals surface area contributed by atoms with Gasteiger partial charge >= 0.3 is 13.6 Å².